The molecule has 5 heteroatoms. The summed E-state index contributed by atoms with van der Waals surface area (Å²) < 4.78 is 36.9. The average molecular weight is 429 g/mol. The maximum Gasteiger partial charge on any atom is 0.175 e. The van der Waals surface area contributed by atoms with Crippen LogP contribution in [0.25, 0.3) is 17.2 Å². The number of rotatable bonds is 5. The number of hydrogen-bond donors (Lipinski definition) is 0. The first-order valence-electron chi connectivity index (χ1n) is 10.1. The number of carbonyl (C=O) groups excluding carboxylic acids is 1. The molecule has 3 nitrogen and oxygen atoms in total. The fourth-order valence-corrected chi connectivity index (χ4v) is 3.84. The molecule has 0 spiro atoms. The molecule has 0 radical (unpaired) electrons. The predicted octanol–water partition coefficient (Wildman–Crippen LogP) is 6.34. The Morgan fingerprint density at radius 2 is 1.60 bits per heavy atom. The van der Waals surface area contributed by atoms with Gasteiger partial charge < -0.3 is 0 Å². The van der Waals surface area contributed by atoms with Crippen LogP contribution in [0.15, 0.2) is 52.9 Å². The van der Waals surface area contributed by atoms with E-state index in [1.807, 2.05) is 13.0 Å². The van der Waals surface area contributed by atoms with Crippen molar-refractivity contribution in [1.82, 2.24) is 0 Å². The molecule has 0 saturated carbocycles. The smallest absolute Gasteiger partial charge is 0.175 e. The van der Waals surface area contributed by atoms with Crippen molar-refractivity contribution in [3.05, 3.63) is 70.5 Å². The lowest BCUT2D eigenvalue weighted by atomic mass is 10.0. The Morgan fingerprint density at radius 3 is 2.10 bits per heavy atom. The van der Waals surface area contributed by atoms with Crippen LogP contribution in [-0.4, -0.2) is 20.5 Å². The lowest BCUT2D eigenvalue weighted by Crippen LogP contribution is -1.96. The third-order valence-electron chi connectivity index (χ3n) is 5.00. The van der Waals surface area contributed by atoms with Gasteiger partial charge in [-0.3, -0.25) is 4.79 Å². The summed E-state index contributed by atoms with van der Waals surface area (Å²) in [7, 11) is -3.24. The monoisotopic (exact) mass is 428 g/mol. The third kappa shape index (κ3) is 5.76. The van der Waals surface area contributed by atoms with Crippen molar-refractivity contribution in [3.63, 3.8) is 0 Å². The number of fused-ring (bicyclic) bond motifs is 1. The molecule has 0 aliphatic heterocycles. The van der Waals surface area contributed by atoms with E-state index in [1.165, 1.54) is 38.2 Å². The Bertz CT molecular complexity index is 1090. The number of allylic oxidation sites excluding steroid dienone is 3. The topological polar surface area (TPSA) is 51.2 Å². The molecule has 0 heterocycles. The standard InChI is InChI=1S/C21H19FO3S.C4H10/c1-13(23)10-19-14(2)20(18-9-6-16(22)12-21(18)19)11-15-4-7-17(8-5-15)26(3,24)25;1-3-4-2/h4-9,11-12H,10H2,1-3H3;3-4H2,1-2H3/b20-11-;. The Labute approximate surface area is 179 Å². The zero-order chi connectivity index (χ0) is 22.5. The van der Waals surface area contributed by atoms with Crippen LogP contribution >= 0.6 is 0 Å². The first-order chi connectivity index (χ1) is 14.1. The van der Waals surface area contributed by atoms with Crippen LogP contribution in [0.2, 0.25) is 0 Å². The molecular formula is C25H29FO3S. The lowest BCUT2D eigenvalue weighted by Gasteiger charge is -2.05. The molecule has 2 aromatic rings. The van der Waals surface area contributed by atoms with E-state index in [0.717, 1.165) is 33.4 Å². The van der Waals surface area contributed by atoms with E-state index in [0.29, 0.717) is 0 Å². The maximum atomic E-state index is 13.7. The molecule has 0 atom stereocenters. The summed E-state index contributed by atoms with van der Waals surface area (Å²) in [5, 5.41) is 0. The van der Waals surface area contributed by atoms with Crippen molar-refractivity contribution >= 4 is 32.8 Å². The summed E-state index contributed by atoms with van der Waals surface area (Å²) in [5.74, 6) is -0.315. The summed E-state index contributed by atoms with van der Waals surface area (Å²) >= 11 is 0. The van der Waals surface area contributed by atoms with E-state index in [1.54, 1.807) is 30.3 Å². The second-order valence-electron chi connectivity index (χ2n) is 7.57. The van der Waals surface area contributed by atoms with Gasteiger partial charge in [0.25, 0.3) is 0 Å². The van der Waals surface area contributed by atoms with Gasteiger partial charge in [-0.25, -0.2) is 12.8 Å². The molecule has 0 aromatic heterocycles. The van der Waals surface area contributed by atoms with Crippen molar-refractivity contribution in [2.24, 2.45) is 0 Å². The van der Waals surface area contributed by atoms with Gasteiger partial charge in [0, 0.05) is 12.7 Å². The number of halogens is 1. The van der Waals surface area contributed by atoms with Gasteiger partial charge in [0.2, 0.25) is 0 Å². The van der Waals surface area contributed by atoms with Crippen molar-refractivity contribution < 1.29 is 17.6 Å². The average Bonchev–Trinajstić information content (AvgIpc) is 2.92. The summed E-state index contributed by atoms with van der Waals surface area (Å²) in [6, 6.07) is 11.2. The number of ketones is 1. The largest absolute Gasteiger partial charge is 0.300 e. The van der Waals surface area contributed by atoms with Gasteiger partial charge in [0.1, 0.15) is 11.6 Å². The Balaban J connectivity index is 0.000000735. The molecule has 160 valence electrons. The highest BCUT2D eigenvalue weighted by atomic mass is 32.2. The fourth-order valence-electron chi connectivity index (χ4n) is 3.21. The predicted molar refractivity (Wildman–Crippen MR) is 122 cm³/mol. The van der Waals surface area contributed by atoms with Crippen molar-refractivity contribution in [3.8, 4) is 0 Å². The van der Waals surface area contributed by atoms with E-state index >= 15 is 0 Å². The van der Waals surface area contributed by atoms with Gasteiger partial charge in [-0.05, 0) is 77.6 Å². The van der Waals surface area contributed by atoms with Crippen LogP contribution in [0.1, 0.15) is 63.6 Å². The van der Waals surface area contributed by atoms with Crippen LogP contribution in [0, 0.1) is 5.82 Å². The van der Waals surface area contributed by atoms with Crippen LogP contribution in [-0.2, 0) is 14.6 Å². The molecule has 1 aliphatic rings. The molecule has 0 amide bonds. The quantitative estimate of drug-likeness (QED) is 0.558. The number of sulfone groups is 1. The van der Waals surface area contributed by atoms with E-state index < -0.39 is 9.84 Å². The van der Waals surface area contributed by atoms with E-state index in [4.69, 9.17) is 0 Å². The molecule has 0 saturated heterocycles. The van der Waals surface area contributed by atoms with Crippen LogP contribution in [0.3, 0.4) is 0 Å². The molecule has 30 heavy (non-hydrogen) atoms. The lowest BCUT2D eigenvalue weighted by molar-refractivity contribution is -0.116. The Morgan fingerprint density at radius 1 is 1.00 bits per heavy atom. The van der Waals surface area contributed by atoms with Gasteiger partial charge in [-0.1, -0.05) is 44.9 Å². The minimum atomic E-state index is -3.24. The normalized spacial score (nSPS) is 14.4. The van der Waals surface area contributed by atoms with Gasteiger partial charge in [-0.2, -0.15) is 0 Å². The number of Topliss-reactive ketones (excluding diaryl/α,β-unsaturated/α-hetero) is 1. The Hall–Kier alpha value is -2.53. The summed E-state index contributed by atoms with van der Waals surface area (Å²) in [4.78, 5) is 11.9. The summed E-state index contributed by atoms with van der Waals surface area (Å²) in [6.45, 7) is 7.80. The molecule has 0 fully saturated rings. The highest BCUT2D eigenvalue weighted by Gasteiger charge is 2.24. The van der Waals surface area contributed by atoms with Crippen LogP contribution < -0.4 is 0 Å². The molecule has 3 rings (SSSR count). The van der Waals surface area contributed by atoms with Gasteiger partial charge in [0.05, 0.1) is 4.90 Å². The summed E-state index contributed by atoms with van der Waals surface area (Å²) in [6.07, 6.45) is 6.00. The number of unbranched alkanes of at least 4 members (excludes halogenated alkanes) is 1. The zero-order valence-electron chi connectivity index (χ0n) is 18.3. The van der Waals surface area contributed by atoms with Crippen LogP contribution in [0.5, 0.6) is 0 Å². The van der Waals surface area contributed by atoms with Crippen molar-refractivity contribution in [2.45, 2.75) is 51.9 Å². The zero-order valence-corrected chi connectivity index (χ0v) is 19.1. The molecule has 0 unspecified atom stereocenters. The van der Waals surface area contributed by atoms with E-state index in [-0.39, 0.29) is 22.9 Å². The first kappa shape index (κ1) is 23.7. The number of benzene rings is 2. The molecular weight excluding hydrogens is 399 g/mol. The number of hydrogen-bond acceptors (Lipinski definition) is 3. The van der Waals surface area contributed by atoms with Gasteiger partial charge in [-0.15, -0.1) is 0 Å². The third-order valence-corrected chi connectivity index (χ3v) is 6.13. The molecule has 1 aliphatic carbocycles. The highest BCUT2D eigenvalue weighted by Crippen LogP contribution is 2.43. The fraction of sp³-hybridized carbons (Fsp3) is 0.320. The number of carbonyl (C=O) groups is 1. The van der Waals surface area contributed by atoms with Gasteiger partial charge in [0.15, 0.2) is 9.84 Å². The highest BCUT2D eigenvalue weighted by molar-refractivity contribution is 7.90. The minimum absolute atomic E-state index is 0.0216. The minimum Gasteiger partial charge on any atom is -0.300 e. The van der Waals surface area contributed by atoms with E-state index in [9.17, 15) is 17.6 Å². The van der Waals surface area contributed by atoms with Crippen molar-refractivity contribution in [1.29, 1.82) is 0 Å². The second-order valence-corrected chi connectivity index (χ2v) is 9.59. The SMILES string of the molecule is CC(=O)CC1=C(C)/C(=C/c2ccc(S(C)(=O)=O)cc2)c2ccc(F)cc21.CCCC. The van der Waals surface area contributed by atoms with Gasteiger partial charge >= 0.3 is 0 Å². The van der Waals surface area contributed by atoms with Crippen molar-refractivity contribution in [2.75, 3.05) is 6.26 Å². The molecule has 2 aromatic carbocycles. The first-order valence-corrected chi connectivity index (χ1v) is 12.0. The maximum absolute atomic E-state index is 13.7. The molecule has 0 bridgehead atoms. The van der Waals surface area contributed by atoms with E-state index in [2.05, 4.69) is 13.8 Å². The second kappa shape index (κ2) is 9.98. The van der Waals surface area contributed by atoms with Crippen LogP contribution in [0.4, 0.5) is 4.39 Å². The molecule has 0 N–H and O–H groups in total. The Kier molecular flexibility index (Phi) is 7.90. The summed E-state index contributed by atoms with van der Waals surface area (Å²) in [5.41, 5.74) is 5.16.